The third kappa shape index (κ3) is 4.69. The molecule has 0 bridgehead atoms. The monoisotopic (exact) mass is 435 g/mol. The van der Waals surface area contributed by atoms with Crippen molar-refractivity contribution in [1.29, 1.82) is 0 Å². The number of nitrogens with two attached hydrogens (primary N) is 1. The Bertz CT molecular complexity index is 1030. The van der Waals surface area contributed by atoms with Gasteiger partial charge in [-0.15, -0.1) is 0 Å². The summed E-state index contributed by atoms with van der Waals surface area (Å²) in [6.07, 6.45) is 0.577. The topological polar surface area (TPSA) is 139 Å². The predicted molar refractivity (Wildman–Crippen MR) is 109 cm³/mol. The van der Waals surface area contributed by atoms with Crippen molar-refractivity contribution in [3.05, 3.63) is 41.3 Å². The molecular weight excluding hydrogens is 410 g/mol. The molecular formula is C19H25N5O5S. The van der Waals surface area contributed by atoms with Gasteiger partial charge in [0, 0.05) is 19.6 Å². The smallest absolute Gasteiger partial charge is 0.250 e. The van der Waals surface area contributed by atoms with E-state index in [4.69, 9.17) is 10.3 Å². The zero-order valence-corrected chi connectivity index (χ0v) is 17.7. The minimum absolute atomic E-state index is 0.0757. The van der Waals surface area contributed by atoms with Crippen molar-refractivity contribution in [2.24, 2.45) is 5.73 Å². The summed E-state index contributed by atoms with van der Waals surface area (Å²) in [6.45, 7) is 4.80. The van der Waals surface area contributed by atoms with Crippen LogP contribution in [0.1, 0.15) is 28.2 Å². The van der Waals surface area contributed by atoms with Gasteiger partial charge in [0.05, 0.1) is 17.8 Å². The molecule has 30 heavy (non-hydrogen) atoms. The summed E-state index contributed by atoms with van der Waals surface area (Å²) in [4.78, 5) is 26.0. The maximum Gasteiger partial charge on any atom is 0.250 e. The molecule has 3 N–H and O–H groups in total. The van der Waals surface area contributed by atoms with Crippen LogP contribution in [0, 0.1) is 13.8 Å². The summed E-state index contributed by atoms with van der Waals surface area (Å²) in [5, 5.41) is 6.44. The third-order valence-corrected chi connectivity index (χ3v) is 7.09. The summed E-state index contributed by atoms with van der Waals surface area (Å²) >= 11 is 0. The van der Waals surface area contributed by atoms with Gasteiger partial charge in [0.1, 0.15) is 10.6 Å². The lowest BCUT2D eigenvalue weighted by molar-refractivity contribution is -0.117. The summed E-state index contributed by atoms with van der Waals surface area (Å²) in [7, 11) is -3.72. The SMILES string of the molecule is Cc1noc(C)c1S(=O)(=O)N1CCCN(CC(=O)Nc2ccccc2C(N)=O)CC1. The Hall–Kier alpha value is -2.76. The van der Waals surface area contributed by atoms with Crippen molar-refractivity contribution in [2.45, 2.75) is 25.2 Å². The summed E-state index contributed by atoms with van der Waals surface area (Å²) in [5.41, 5.74) is 6.26. The quantitative estimate of drug-likeness (QED) is 0.682. The van der Waals surface area contributed by atoms with E-state index in [-0.39, 0.29) is 35.2 Å². The third-order valence-electron chi connectivity index (χ3n) is 4.95. The normalized spacial score (nSPS) is 16.2. The van der Waals surface area contributed by atoms with Crippen molar-refractivity contribution in [2.75, 3.05) is 38.0 Å². The first-order chi connectivity index (χ1) is 14.2. The maximum atomic E-state index is 13.0. The van der Waals surface area contributed by atoms with Crippen molar-refractivity contribution in [3.63, 3.8) is 0 Å². The molecule has 0 spiro atoms. The molecule has 11 heteroatoms. The molecule has 1 aliphatic rings. The van der Waals surface area contributed by atoms with Gasteiger partial charge in [-0.3, -0.25) is 14.5 Å². The van der Waals surface area contributed by atoms with Gasteiger partial charge in [-0.05, 0) is 38.9 Å². The van der Waals surface area contributed by atoms with E-state index in [1.54, 1.807) is 38.1 Å². The van der Waals surface area contributed by atoms with Gasteiger partial charge in [-0.2, -0.15) is 4.31 Å². The molecule has 1 aromatic heterocycles. The zero-order valence-electron chi connectivity index (χ0n) is 16.9. The molecule has 2 amide bonds. The number of aryl methyl sites for hydroxylation is 2. The number of amides is 2. The molecule has 3 rings (SSSR count). The molecule has 0 unspecified atom stereocenters. The number of sulfonamides is 1. The van der Waals surface area contributed by atoms with Gasteiger partial charge in [0.25, 0.3) is 5.91 Å². The molecule has 0 atom stereocenters. The van der Waals surface area contributed by atoms with Crippen LogP contribution in [0.25, 0.3) is 0 Å². The minimum atomic E-state index is -3.72. The van der Waals surface area contributed by atoms with Crippen molar-refractivity contribution in [1.82, 2.24) is 14.4 Å². The molecule has 162 valence electrons. The Morgan fingerprint density at radius 3 is 2.57 bits per heavy atom. The highest BCUT2D eigenvalue weighted by Gasteiger charge is 2.32. The van der Waals surface area contributed by atoms with Gasteiger partial charge in [0.2, 0.25) is 15.9 Å². The Balaban J connectivity index is 1.63. The van der Waals surface area contributed by atoms with Gasteiger partial charge in [0.15, 0.2) is 5.76 Å². The van der Waals surface area contributed by atoms with Crippen molar-refractivity contribution < 1.29 is 22.5 Å². The van der Waals surface area contributed by atoms with Crippen LogP contribution >= 0.6 is 0 Å². The lowest BCUT2D eigenvalue weighted by atomic mass is 10.1. The van der Waals surface area contributed by atoms with Gasteiger partial charge >= 0.3 is 0 Å². The van der Waals surface area contributed by atoms with E-state index >= 15 is 0 Å². The fourth-order valence-electron chi connectivity index (χ4n) is 3.52. The highest BCUT2D eigenvalue weighted by Crippen LogP contribution is 2.24. The average molecular weight is 436 g/mol. The van der Waals surface area contributed by atoms with E-state index in [0.29, 0.717) is 37.4 Å². The fourth-order valence-corrected chi connectivity index (χ4v) is 5.28. The maximum absolute atomic E-state index is 13.0. The number of hydrogen-bond donors (Lipinski definition) is 2. The number of nitrogens with one attached hydrogen (secondary N) is 1. The number of hydrogen-bond acceptors (Lipinski definition) is 7. The number of primary amides is 1. The predicted octanol–water partition coefficient (Wildman–Crippen LogP) is 0.725. The molecule has 2 heterocycles. The van der Waals surface area contributed by atoms with Crippen molar-refractivity contribution in [3.8, 4) is 0 Å². The van der Waals surface area contributed by atoms with Gasteiger partial charge in [-0.25, -0.2) is 8.42 Å². The second-order valence-electron chi connectivity index (χ2n) is 7.15. The Morgan fingerprint density at radius 2 is 1.90 bits per heavy atom. The fraction of sp³-hybridized carbons (Fsp3) is 0.421. The molecule has 0 radical (unpaired) electrons. The highest BCUT2D eigenvalue weighted by atomic mass is 32.2. The second kappa shape index (κ2) is 8.94. The van der Waals surface area contributed by atoms with E-state index in [2.05, 4.69) is 10.5 Å². The molecule has 1 fully saturated rings. The summed E-state index contributed by atoms with van der Waals surface area (Å²) in [6, 6.07) is 6.52. The Labute approximate surface area is 175 Å². The second-order valence-corrected chi connectivity index (χ2v) is 9.02. The lowest BCUT2D eigenvalue weighted by Gasteiger charge is -2.21. The van der Waals surface area contributed by atoms with Crippen LogP contribution in [0.5, 0.6) is 0 Å². The number of para-hydroxylation sites is 1. The molecule has 2 aromatic rings. The molecule has 1 aliphatic heterocycles. The Morgan fingerprint density at radius 1 is 1.17 bits per heavy atom. The lowest BCUT2D eigenvalue weighted by Crippen LogP contribution is -2.38. The van der Waals surface area contributed by atoms with E-state index in [1.807, 2.05) is 4.90 Å². The minimum Gasteiger partial charge on any atom is -0.366 e. The first-order valence-electron chi connectivity index (χ1n) is 9.54. The number of nitrogens with zero attached hydrogens (tertiary/aromatic N) is 3. The standard InChI is InChI=1S/C19H25N5O5S/c1-13-18(14(2)29-22-13)30(27,28)24-9-5-8-23(10-11-24)12-17(25)21-16-7-4-3-6-15(16)19(20)26/h3-4,6-7H,5,8-12H2,1-2H3,(H2,20,26)(H,21,25). The molecule has 1 aromatic carbocycles. The Kier molecular flexibility index (Phi) is 6.54. The van der Waals surface area contributed by atoms with E-state index in [0.717, 1.165) is 0 Å². The summed E-state index contributed by atoms with van der Waals surface area (Å²) < 4.78 is 32.4. The molecule has 10 nitrogen and oxygen atoms in total. The van der Waals surface area contributed by atoms with E-state index in [1.165, 1.54) is 4.31 Å². The number of carbonyl (C=O) groups is 2. The highest BCUT2D eigenvalue weighted by molar-refractivity contribution is 7.89. The first-order valence-corrected chi connectivity index (χ1v) is 11.0. The number of benzene rings is 1. The van der Waals surface area contributed by atoms with Crippen LogP contribution < -0.4 is 11.1 Å². The molecule has 0 aliphatic carbocycles. The summed E-state index contributed by atoms with van der Waals surface area (Å²) in [5.74, 6) is -0.660. The largest absolute Gasteiger partial charge is 0.366 e. The van der Waals surface area contributed by atoms with Gasteiger partial charge in [-0.1, -0.05) is 17.3 Å². The van der Waals surface area contributed by atoms with Crippen LogP contribution in [0.4, 0.5) is 5.69 Å². The van der Waals surface area contributed by atoms with E-state index in [9.17, 15) is 18.0 Å². The van der Waals surface area contributed by atoms with Gasteiger partial charge < -0.3 is 15.6 Å². The number of rotatable bonds is 6. The van der Waals surface area contributed by atoms with Crippen LogP contribution in [0.2, 0.25) is 0 Å². The van der Waals surface area contributed by atoms with Crippen LogP contribution in [-0.2, 0) is 14.8 Å². The first kappa shape index (κ1) is 21.9. The van der Waals surface area contributed by atoms with Crippen LogP contribution in [0.15, 0.2) is 33.7 Å². The number of anilines is 1. The van der Waals surface area contributed by atoms with E-state index < -0.39 is 15.9 Å². The molecule has 1 saturated heterocycles. The van der Waals surface area contributed by atoms with Crippen LogP contribution in [-0.4, -0.2) is 67.3 Å². The zero-order chi connectivity index (χ0) is 21.9. The van der Waals surface area contributed by atoms with Crippen molar-refractivity contribution >= 4 is 27.5 Å². The molecule has 0 saturated carbocycles. The average Bonchev–Trinajstić information content (AvgIpc) is 2.88. The van der Waals surface area contributed by atoms with Crippen LogP contribution in [0.3, 0.4) is 0 Å². The number of aromatic nitrogens is 1. The number of carbonyl (C=O) groups excluding carboxylic acids is 2.